The molecule has 0 aliphatic heterocycles. The summed E-state index contributed by atoms with van der Waals surface area (Å²) in [6, 6.07) is 8.13. The summed E-state index contributed by atoms with van der Waals surface area (Å²) in [6.45, 7) is 2.69. The quantitative estimate of drug-likeness (QED) is 0.660. The number of aromatic nitrogens is 1. The second-order valence-electron chi connectivity index (χ2n) is 5.91. The third-order valence-corrected chi connectivity index (χ3v) is 3.98. The van der Waals surface area contributed by atoms with Crippen molar-refractivity contribution in [3.8, 4) is 11.5 Å². The van der Waals surface area contributed by atoms with Crippen molar-refractivity contribution in [3.05, 3.63) is 47.8 Å². The minimum Gasteiger partial charge on any atom is -0.497 e. The van der Waals surface area contributed by atoms with Gasteiger partial charge < -0.3 is 20.1 Å². The maximum atomic E-state index is 12.6. The highest BCUT2D eigenvalue weighted by molar-refractivity contribution is 6.06. The van der Waals surface area contributed by atoms with Crippen LogP contribution in [0.3, 0.4) is 0 Å². The van der Waals surface area contributed by atoms with E-state index in [0.29, 0.717) is 29.3 Å². The van der Waals surface area contributed by atoms with Crippen molar-refractivity contribution in [3.63, 3.8) is 0 Å². The van der Waals surface area contributed by atoms with Gasteiger partial charge in [0, 0.05) is 24.4 Å². The van der Waals surface area contributed by atoms with Gasteiger partial charge in [-0.15, -0.1) is 0 Å². The normalized spacial score (nSPS) is 10.2. The Labute approximate surface area is 159 Å². The number of amides is 2. The smallest absolute Gasteiger partial charge is 0.269 e. The van der Waals surface area contributed by atoms with Gasteiger partial charge in [0.1, 0.15) is 17.2 Å². The molecule has 0 radical (unpaired) electrons. The maximum absolute atomic E-state index is 12.6. The van der Waals surface area contributed by atoms with Crippen molar-refractivity contribution in [1.29, 1.82) is 0 Å². The lowest BCUT2D eigenvalue weighted by Gasteiger charge is -2.12. The van der Waals surface area contributed by atoms with E-state index >= 15 is 0 Å². The van der Waals surface area contributed by atoms with Gasteiger partial charge in [-0.25, -0.2) is 0 Å². The molecule has 144 valence electrons. The predicted octanol–water partition coefficient (Wildman–Crippen LogP) is 3.27. The minimum absolute atomic E-state index is 0.205. The van der Waals surface area contributed by atoms with Crippen LogP contribution in [0.1, 0.15) is 47.0 Å². The van der Waals surface area contributed by atoms with Crippen LogP contribution in [0.4, 0.5) is 5.69 Å². The van der Waals surface area contributed by atoms with Crippen LogP contribution in [-0.4, -0.2) is 37.6 Å². The zero-order valence-corrected chi connectivity index (χ0v) is 15.9. The lowest BCUT2D eigenvalue weighted by atomic mass is 10.2. The largest absolute Gasteiger partial charge is 0.497 e. The maximum Gasteiger partial charge on any atom is 0.269 e. The predicted molar refractivity (Wildman–Crippen MR) is 104 cm³/mol. The molecule has 0 unspecified atom stereocenters. The Bertz CT molecular complexity index is 793. The highest BCUT2D eigenvalue weighted by atomic mass is 16.5. The molecule has 1 aromatic heterocycles. The zero-order chi connectivity index (χ0) is 19.6. The van der Waals surface area contributed by atoms with Crippen LogP contribution in [0.25, 0.3) is 0 Å². The van der Waals surface area contributed by atoms with Gasteiger partial charge in [-0.2, -0.15) is 0 Å². The van der Waals surface area contributed by atoms with Gasteiger partial charge in [-0.05, 0) is 30.7 Å². The van der Waals surface area contributed by atoms with E-state index in [9.17, 15) is 9.59 Å². The van der Waals surface area contributed by atoms with Gasteiger partial charge in [-0.1, -0.05) is 19.8 Å². The number of carbonyl (C=O) groups is 2. The van der Waals surface area contributed by atoms with E-state index < -0.39 is 0 Å². The van der Waals surface area contributed by atoms with E-state index in [2.05, 4.69) is 22.5 Å². The zero-order valence-electron chi connectivity index (χ0n) is 15.9. The molecule has 0 aliphatic rings. The van der Waals surface area contributed by atoms with Gasteiger partial charge in [-0.3, -0.25) is 14.6 Å². The number of methoxy groups -OCH3 is 2. The summed E-state index contributed by atoms with van der Waals surface area (Å²) >= 11 is 0. The topological polar surface area (TPSA) is 89.6 Å². The van der Waals surface area contributed by atoms with Crippen LogP contribution in [0, 0.1) is 0 Å². The Hall–Kier alpha value is -3.09. The standard InChI is InChI=1S/C20H25N3O4/c1-4-5-6-10-22-20(25)17-12-14(9-11-21-17)19(24)23-16-13-15(26-2)7-8-18(16)27-3/h7-9,11-13H,4-6,10H2,1-3H3,(H,22,25)(H,23,24). The second-order valence-corrected chi connectivity index (χ2v) is 5.91. The van der Waals surface area contributed by atoms with Gasteiger partial charge in [0.15, 0.2) is 0 Å². The van der Waals surface area contributed by atoms with Crippen LogP contribution in [0.2, 0.25) is 0 Å². The van der Waals surface area contributed by atoms with Gasteiger partial charge in [0.05, 0.1) is 19.9 Å². The number of benzene rings is 1. The van der Waals surface area contributed by atoms with Crippen molar-refractivity contribution in [2.45, 2.75) is 26.2 Å². The van der Waals surface area contributed by atoms with Crippen LogP contribution >= 0.6 is 0 Å². The Morgan fingerprint density at radius 3 is 2.56 bits per heavy atom. The van der Waals surface area contributed by atoms with Crippen molar-refractivity contribution in [1.82, 2.24) is 10.3 Å². The average Bonchev–Trinajstić information content (AvgIpc) is 2.71. The molecular weight excluding hydrogens is 346 g/mol. The van der Waals surface area contributed by atoms with Crippen molar-refractivity contribution in [2.75, 3.05) is 26.1 Å². The van der Waals surface area contributed by atoms with Gasteiger partial charge in [0.2, 0.25) is 0 Å². The van der Waals surface area contributed by atoms with Crippen LogP contribution in [-0.2, 0) is 0 Å². The number of nitrogens with one attached hydrogen (secondary N) is 2. The molecule has 0 aliphatic carbocycles. The van der Waals surface area contributed by atoms with E-state index in [0.717, 1.165) is 19.3 Å². The summed E-state index contributed by atoms with van der Waals surface area (Å²) in [7, 11) is 3.06. The fraction of sp³-hybridized carbons (Fsp3) is 0.350. The SMILES string of the molecule is CCCCCNC(=O)c1cc(C(=O)Nc2cc(OC)ccc2OC)ccn1. The summed E-state index contributed by atoms with van der Waals surface area (Å²) in [5.74, 6) is 0.434. The Kier molecular flexibility index (Phi) is 7.61. The number of rotatable bonds is 9. The van der Waals surface area contributed by atoms with Crippen LogP contribution in [0.15, 0.2) is 36.5 Å². The van der Waals surface area contributed by atoms with E-state index in [1.165, 1.54) is 19.4 Å². The van der Waals surface area contributed by atoms with Crippen LogP contribution < -0.4 is 20.1 Å². The molecular formula is C20H25N3O4. The summed E-state index contributed by atoms with van der Waals surface area (Å²) in [5, 5.41) is 5.59. The van der Waals surface area contributed by atoms with E-state index in [4.69, 9.17) is 9.47 Å². The molecule has 0 saturated heterocycles. The summed E-state index contributed by atoms with van der Waals surface area (Å²) < 4.78 is 10.4. The molecule has 0 atom stereocenters. The number of anilines is 1. The average molecular weight is 371 g/mol. The number of ether oxygens (including phenoxy) is 2. The third kappa shape index (κ3) is 5.70. The first-order valence-corrected chi connectivity index (χ1v) is 8.86. The van der Waals surface area contributed by atoms with E-state index in [1.807, 2.05) is 0 Å². The molecule has 2 N–H and O–H groups in total. The van der Waals surface area contributed by atoms with Crippen molar-refractivity contribution in [2.24, 2.45) is 0 Å². The fourth-order valence-corrected chi connectivity index (χ4v) is 2.47. The Morgan fingerprint density at radius 1 is 1.04 bits per heavy atom. The molecule has 7 heteroatoms. The molecule has 0 spiro atoms. The number of unbranched alkanes of at least 4 members (excludes halogenated alkanes) is 2. The first kappa shape index (κ1) is 20.2. The number of nitrogens with zero attached hydrogens (tertiary/aromatic N) is 1. The lowest BCUT2D eigenvalue weighted by Crippen LogP contribution is -2.26. The molecule has 2 amide bonds. The molecule has 0 saturated carbocycles. The van der Waals surface area contributed by atoms with Gasteiger partial charge >= 0.3 is 0 Å². The molecule has 7 nitrogen and oxygen atoms in total. The molecule has 2 rings (SSSR count). The summed E-state index contributed by atoms with van der Waals surface area (Å²) in [4.78, 5) is 28.8. The Morgan fingerprint density at radius 2 is 1.85 bits per heavy atom. The molecule has 2 aromatic rings. The van der Waals surface area contributed by atoms with E-state index in [1.54, 1.807) is 31.4 Å². The summed E-state index contributed by atoms with van der Waals surface area (Å²) in [6.07, 6.45) is 4.49. The molecule has 27 heavy (non-hydrogen) atoms. The highest BCUT2D eigenvalue weighted by Crippen LogP contribution is 2.29. The van der Waals surface area contributed by atoms with Gasteiger partial charge in [0.25, 0.3) is 11.8 Å². The van der Waals surface area contributed by atoms with E-state index in [-0.39, 0.29) is 17.5 Å². The lowest BCUT2D eigenvalue weighted by molar-refractivity contribution is 0.0948. The number of hydrogen-bond acceptors (Lipinski definition) is 5. The number of hydrogen-bond donors (Lipinski definition) is 2. The minimum atomic E-state index is -0.371. The molecule has 0 fully saturated rings. The third-order valence-electron chi connectivity index (χ3n) is 3.98. The molecule has 1 heterocycles. The Balaban J connectivity index is 2.10. The van der Waals surface area contributed by atoms with Crippen molar-refractivity contribution >= 4 is 17.5 Å². The second kappa shape index (κ2) is 10.2. The molecule has 0 bridgehead atoms. The molecule has 1 aromatic carbocycles. The number of pyridine rings is 1. The fourth-order valence-electron chi connectivity index (χ4n) is 2.47. The van der Waals surface area contributed by atoms with Crippen LogP contribution in [0.5, 0.6) is 11.5 Å². The highest BCUT2D eigenvalue weighted by Gasteiger charge is 2.14. The first-order chi connectivity index (χ1) is 13.1. The van der Waals surface area contributed by atoms with Crippen molar-refractivity contribution < 1.29 is 19.1 Å². The monoisotopic (exact) mass is 371 g/mol. The number of carbonyl (C=O) groups excluding carboxylic acids is 2. The summed E-state index contributed by atoms with van der Waals surface area (Å²) in [5.41, 5.74) is 1.01. The first-order valence-electron chi connectivity index (χ1n) is 8.86.